The highest BCUT2D eigenvalue weighted by molar-refractivity contribution is 8.18. The Kier molecular flexibility index (Phi) is 7.26. The minimum atomic E-state index is -0.380. The fourth-order valence-electron chi connectivity index (χ4n) is 3.84. The molecule has 0 radical (unpaired) electrons. The van der Waals surface area contributed by atoms with Crippen molar-refractivity contribution >= 4 is 34.9 Å². The summed E-state index contributed by atoms with van der Waals surface area (Å²) in [6.45, 7) is 1.99. The number of aromatic nitrogens is 3. The Balaban J connectivity index is 1.20. The van der Waals surface area contributed by atoms with E-state index in [2.05, 4.69) is 37.0 Å². The highest BCUT2D eigenvalue weighted by Crippen LogP contribution is 2.27. The molecule has 1 saturated heterocycles. The van der Waals surface area contributed by atoms with E-state index in [1.807, 2.05) is 18.3 Å². The molecular weight excluding hydrogens is 412 g/mol. The molecule has 0 aromatic carbocycles. The molecule has 3 N–H and O–H groups in total. The summed E-state index contributed by atoms with van der Waals surface area (Å²) in [6, 6.07) is 8.10. The van der Waals surface area contributed by atoms with Gasteiger partial charge in [0.2, 0.25) is 5.95 Å². The molecule has 1 saturated carbocycles. The van der Waals surface area contributed by atoms with Gasteiger partial charge < -0.3 is 10.6 Å². The second-order valence-corrected chi connectivity index (χ2v) is 8.81. The molecule has 0 spiro atoms. The molecule has 0 unspecified atom stereocenters. The van der Waals surface area contributed by atoms with Crippen LogP contribution in [-0.4, -0.2) is 45.2 Å². The summed E-state index contributed by atoms with van der Waals surface area (Å²) in [5.74, 6) is 0.866. The van der Waals surface area contributed by atoms with E-state index in [-0.39, 0.29) is 11.1 Å². The third-order valence-corrected chi connectivity index (χ3v) is 6.31. The quantitative estimate of drug-likeness (QED) is 0.426. The maximum atomic E-state index is 11.7. The molecule has 0 atom stereocenters. The van der Waals surface area contributed by atoms with Crippen molar-refractivity contribution in [2.24, 2.45) is 5.92 Å². The number of carbonyl (C=O) groups is 2. The maximum absolute atomic E-state index is 11.7. The average molecular weight is 439 g/mol. The Morgan fingerprint density at radius 2 is 1.97 bits per heavy atom. The lowest BCUT2D eigenvalue weighted by Gasteiger charge is -2.29. The van der Waals surface area contributed by atoms with Crippen molar-refractivity contribution in [1.82, 2.24) is 25.6 Å². The molecule has 2 fully saturated rings. The van der Waals surface area contributed by atoms with Gasteiger partial charge in [0, 0.05) is 37.1 Å². The lowest BCUT2D eigenvalue weighted by atomic mass is 9.86. The van der Waals surface area contributed by atoms with Gasteiger partial charge in [0.1, 0.15) is 0 Å². The minimum absolute atomic E-state index is 0.346. The molecule has 4 rings (SSSR count). The number of hydrogen-bond donors (Lipinski definition) is 3. The molecular formula is C22H26N6O2S. The Bertz CT molecular complexity index is 944. The summed E-state index contributed by atoms with van der Waals surface area (Å²) in [4.78, 5) is 36.5. The van der Waals surface area contributed by atoms with Crippen LogP contribution in [0.1, 0.15) is 37.1 Å². The lowest BCUT2D eigenvalue weighted by Crippen LogP contribution is -2.32. The van der Waals surface area contributed by atoms with Crippen LogP contribution in [0.2, 0.25) is 0 Å². The molecule has 1 aliphatic heterocycles. The van der Waals surface area contributed by atoms with Crippen LogP contribution in [0.15, 0.2) is 41.6 Å². The van der Waals surface area contributed by atoms with E-state index in [1.54, 1.807) is 18.3 Å². The highest BCUT2D eigenvalue weighted by atomic mass is 32.2. The van der Waals surface area contributed by atoms with Gasteiger partial charge in [-0.3, -0.25) is 19.9 Å². The zero-order valence-electron chi connectivity index (χ0n) is 17.2. The first-order valence-corrected chi connectivity index (χ1v) is 11.4. The van der Waals surface area contributed by atoms with Gasteiger partial charge in [-0.05, 0) is 74.2 Å². The van der Waals surface area contributed by atoms with E-state index in [4.69, 9.17) is 0 Å². The fourth-order valence-corrected chi connectivity index (χ4v) is 4.51. The lowest BCUT2D eigenvalue weighted by molar-refractivity contribution is -0.115. The predicted octanol–water partition coefficient (Wildman–Crippen LogP) is 3.00. The molecule has 1 aliphatic carbocycles. The number of nitrogens with zero attached hydrogens (tertiary/aromatic N) is 3. The molecule has 162 valence electrons. The summed E-state index contributed by atoms with van der Waals surface area (Å²) >= 11 is 0.888. The Labute approximate surface area is 185 Å². The molecule has 8 nitrogen and oxygen atoms in total. The molecule has 2 aliphatic rings. The van der Waals surface area contributed by atoms with Crippen molar-refractivity contribution in [1.29, 1.82) is 0 Å². The summed E-state index contributed by atoms with van der Waals surface area (Å²) < 4.78 is 0. The first-order chi connectivity index (χ1) is 15.2. The number of imide groups is 1. The third-order valence-electron chi connectivity index (χ3n) is 5.50. The molecule has 3 heterocycles. The van der Waals surface area contributed by atoms with Crippen LogP contribution in [-0.2, 0) is 11.2 Å². The van der Waals surface area contributed by atoms with Gasteiger partial charge in [0.05, 0.1) is 10.6 Å². The molecule has 0 bridgehead atoms. The Morgan fingerprint density at radius 1 is 1.10 bits per heavy atom. The molecule has 9 heteroatoms. The van der Waals surface area contributed by atoms with Crippen LogP contribution in [0.5, 0.6) is 0 Å². The van der Waals surface area contributed by atoms with Gasteiger partial charge in [-0.25, -0.2) is 9.97 Å². The predicted molar refractivity (Wildman–Crippen MR) is 121 cm³/mol. The van der Waals surface area contributed by atoms with E-state index < -0.39 is 0 Å². The van der Waals surface area contributed by atoms with Crippen LogP contribution in [0, 0.1) is 5.92 Å². The van der Waals surface area contributed by atoms with Crippen LogP contribution in [0.25, 0.3) is 6.08 Å². The highest BCUT2D eigenvalue weighted by Gasteiger charge is 2.25. The van der Waals surface area contributed by atoms with Gasteiger partial charge in [-0.1, -0.05) is 6.07 Å². The third kappa shape index (κ3) is 6.35. The summed E-state index contributed by atoms with van der Waals surface area (Å²) in [6.07, 6.45) is 10.6. The van der Waals surface area contributed by atoms with Crippen LogP contribution in [0.3, 0.4) is 0 Å². The first kappa shape index (κ1) is 21.5. The van der Waals surface area contributed by atoms with Gasteiger partial charge in [0.25, 0.3) is 11.1 Å². The SMILES string of the molecule is O=C1NC(=O)/C(=C/c2ccnc(NC3CCC(CNCCc4ccccn4)CC3)n2)S1. The number of thioether (sulfide) groups is 1. The van der Waals surface area contributed by atoms with Crippen LogP contribution < -0.4 is 16.0 Å². The fraction of sp³-hybridized carbons (Fsp3) is 0.409. The maximum Gasteiger partial charge on any atom is 0.290 e. The molecule has 31 heavy (non-hydrogen) atoms. The number of nitrogens with one attached hydrogen (secondary N) is 3. The van der Waals surface area contributed by atoms with Gasteiger partial charge in [0.15, 0.2) is 0 Å². The topological polar surface area (TPSA) is 109 Å². The van der Waals surface area contributed by atoms with Crippen LogP contribution in [0.4, 0.5) is 10.7 Å². The van der Waals surface area contributed by atoms with Gasteiger partial charge in [-0.2, -0.15) is 0 Å². The first-order valence-electron chi connectivity index (χ1n) is 10.6. The van der Waals surface area contributed by atoms with E-state index in [1.165, 1.54) is 0 Å². The summed E-state index contributed by atoms with van der Waals surface area (Å²) in [5, 5.41) is 8.88. The number of hydrogen-bond acceptors (Lipinski definition) is 8. The normalized spacial score (nSPS) is 22.5. The van der Waals surface area contributed by atoms with Crippen molar-refractivity contribution in [3.05, 3.63) is 53.0 Å². The number of carbonyl (C=O) groups excluding carboxylic acids is 2. The van der Waals surface area contributed by atoms with E-state index in [0.29, 0.717) is 28.5 Å². The number of rotatable bonds is 8. The minimum Gasteiger partial charge on any atom is -0.351 e. The van der Waals surface area contributed by atoms with E-state index in [9.17, 15) is 9.59 Å². The zero-order chi connectivity index (χ0) is 21.5. The van der Waals surface area contributed by atoms with Crippen molar-refractivity contribution in [2.75, 3.05) is 18.4 Å². The average Bonchev–Trinajstić information content (AvgIpc) is 3.10. The van der Waals surface area contributed by atoms with Crippen molar-refractivity contribution in [2.45, 2.75) is 38.1 Å². The largest absolute Gasteiger partial charge is 0.351 e. The number of anilines is 1. The number of pyridine rings is 1. The van der Waals surface area contributed by atoms with E-state index in [0.717, 1.165) is 62.6 Å². The smallest absolute Gasteiger partial charge is 0.290 e. The van der Waals surface area contributed by atoms with Crippen molar-refractivity contribution in [3.63, 3.8) is 0 Å². The zero-order valence-corrected chi connectivity index (χ0v) is 18.0. The van der Waals surface area contributed by atoms with Gasteiger partial charge >= 0.3 is 0 Å². The standard InChI is InChI=1S/C22H26N6O2S/c29-20-19(31-22(30)28-20)13-18-9-12-25-21(27-18)26-17-6-4-15(5-7-17)14-23-11-8-16-3-1-2-10-24-16/h1-3,9-10,12-13,15,17,23H,4-8,11,14H2,(H,25,26,27)(H,28,29,30)/b19-13-. The van der Waals surface area contributed by atoms with E-state index >= 15 is 0 Å². The second kappa shape index (κ2) is 10.5. The summed E-state index contributed by atoms with van der Waals surface area (Å²) in [5.41, 5.74) is 1.73. The van der Waals surface area contributed by atoms with Crippen molar-refractivity contribution < 1.29 is 9.59 Å². The van der Waals surface area contributed by atoms with Crippen molar-refractivity contribution in [3.8, 4) is 0 Å². The monoisotopic (exact) mass is 438 g/mol. The van der Waals surface area contributed by atoms with Gasteiger partial charge in [-0.15, -0.1) is 0 Å². The molecule has 2 aromatic rings. The Morgan fingerprint density at radius 3 is 2.71 bits per heavy atom. The summed E-state index contributed by atoms with van der Waals surface area (Å²) in [7, 11) is 0. The number of amides is 2. The molecule has 2 amide bonds. The second-order valence-electron chi connectivity index (χ2n) is 7.79. The van der Waals surface area contributed by atoms with Crippen LogP contribution >= 0.6 is 11.8 Å². The molecule has 2 aromatic heterocycles. The Hall–Kier alpha value is -2.78.